The molecule has 0 saturated heterocycles. The fraction of sp³-hybridized carbons (Fsp3) is 0.211. The minimum atomic E-state index is -0.546. The van der Waals surface area contributed by atoms with Crippen LogP contribution in [-0.4, -0.2) is 31.2 Å². The molecule has 2 aromatic rings. The maximum Gasteiger partial charge on any atom is 0.255 e. The Hall–Kier alpha value is -2.77. The van der Waals surface area contributed by atoms with Gasteiger partial charge >= 0.3 is 0 Å². The van der Waals surface area contributed by atoms with E-state index in [1.165, 1.54) is 6.21 Å². The molecule has 7 nitrogen and oxygen atoms in total. The number of primary amides is 1. The summed E-state index contributed by atoms with van der Waals surface area (Å²) in [6, 6.07) is 11.8. The van der Waals surface area contributed by atoms with Crippen LogP contribution in [0.1, 0.15) is 18.4 Å². The van der Waals surface area contributed by atoms with Crippen molar-refractivity contribution in [2.45, 2.75) is 12.8 Å². The molecule has 28 heavy (non-hydrogen) atoms. The number of hydrogen-bond acceptors (Lipinski definition) is 5. The third kappa shape index (κ3) is 7.85. The Morgan fingerprint density at radius 2 is 1.86 bits per heavy atom. The highest BCUT2D eigenvalue weighted by molar-refractivity contribution is 6.35. The van der Waals surface area contributed by atoms with Gasteiger partial charge in [-0.1, -0.05) is 23.2 Å². The first-order valence-electron chi connectivity index (χ1n) is 8.35. The van der Waals surface area contributed by atoms with Crippen molar-refractivity contribution in [3.05, 3.63) is 58.1 Å². The van der Waals surface area contributed by atoms with Crippen LogP contribution in [0, 0.1) is 0 Å². The van der Waals surface area contributed by atoms with Crippen molar-refractivity contribution in [2.24, 2.45) is 10.8 Å². The lowest BCUT2D eigenvalue weighted by Gasteiger charge is -2.07. The van der Waals surface area contributed by atoms with Gasteiger partial charge in [0.05, 0.1) is 17.8 Å². The van der Waals surface area contributed by atoms with E-state index < -0.39 is 5.91 Å². The molecule has 3 N–H and O–H groups in total. The first kappa shape index (κ1) is 21.5. The quantitative estimate of drug-likeness (QED) is 0.347. The summed E-state index contributed by atoms with van der Waals surface area (Å²) in [5.41, 5.74) is 8.20. The van der Waals surface area contributed by atoms with E-state index in [2.05, 4.69) is 10.5 Å². The molecule has 0 aliphatic rings. The summed E-state index contributed by atoms with van der Waals surface area (Å²) >= 11 is 11.8. The molecule has 2 amide bonds. The number of benzene rings is 2. The Morgan fingerprint density at radius 3 is 2.54 bits per heavy atom. The minimum absolute atomic E-state index is 0.183. The molecule has 0 saturated carbocycles. The second-order valence-corrected chi connectivity index (χ2v) is 6.49. The van der Waals surface area contributed by atoms with E-state index in [1.807, 2.05) is 0 Å². The standard InChI is InChI=1S/C19H19Cl2N3O4/c20-14-5-8-17(16(21)10-14)27-9-1-2-19(26)24-23-11-13-3-6-15(7-4-13)28-12-18(22)25/h3-8,10-11H,1-2,9,12H2,(H2,22,25)(H,24,26)/b23-11+. The molecule has 0 radical (unpaired) electrons. The van der Waals surface area contributed by atoms with Gasteiger partial charge in [0.1, 0.15) is 11.5 Å². The molecule has 0 spiro atoms. The highest BCUT2D eigenvalue weighted by atomic mass is 35.5. The van der Waals surface area contributed by atoms with E-state index in [0.717, 1.165) is 5.56 Å². The fourth-order valence-electron chi connectivity index (χ4n) is 2.05. The van der Waals surface area contributed by atoms with Crippen molar-refractivity contribution < 1.29 is 19.1 Å². The lowest BCUT2D eigenvalue weighted by molar-refractivity contribution is -0.121. The van der Waals surface area contributed by atoms with E-state index in [4.69, 9.17) is 38.4 Å². The molecule has 148 valence electrons. The molecule has 0 aliphatic carbocycles. The number of nitrogens with zero attached hydrogens (tertiary/aromatic N) is 1. The average Bonchev–Trinajstić information content (AvgIpc) is 2.66. The smallest absolute Gasteiger partial charge is 0.255 e. The number of nitrogens with one attached hydrogen (secondary N) is 1. The van der Waals surface area contributed by atoms with Crippen molar-refractivity contribution in [1.29, 1.82) is 0 Å². The van der Waals surface area contributed by atoms with Gasteiger partial charge in [-0.3, -0.25) is 9.59 Å². The minimum Gasteiger partial charge on any atom is -0.492 e. The predicted octanol–water partition coefficient (Wildman–Crippen LogP) is 3.17. The summed E-state index contributed by atoms with van der Waals surface area (Å²) in [5.74, 6) is 0.256. The van der Waals surface area contributed by atoms with Crippen molar-refractivity contribution in [3.8, 4) is 11.5 Å². The normalized spacial score (nSPS) is 10.6. The molecule has 0 atom stereocenters. The first-order valence-corrected chi connectivity index (χ1v) is 9.10. The Balaban J connectivity index is 1.66. The van der Waals surface area contributed by atoms with Crippen molar-refractivity contribution in [2.75, 3.05) is 13.2 Å². The monoisotopic (exact) mass is 423 g/mol. The lowest BCUT2D eigenvalue weighted by Crippen LogP contribution is -2.20. The molecular formula is C19H19Cl2N3O4. The summed E-state index contributed by atoms with van der Waals surface area (Å²) in [6.07, 6.45) is 2.26. The van der Waals surface area contributed by atoms with E-state index in [0.29, 0.717) is 34.6 Å². The van der Waals surface area contributed by atoms with Crippen LogP contribution in [0.25, 0.3) is 0 Å². The number of amides is 2. The maximum absolute atomic E-state index is 11.8. The van der Waals surface area contributed by atoms with Crippen LogP contribution in [0.3, 0.4) is 0 Å². The number of hydrazone groups is 1. The van der Waals surface area contributed by atoms with Gasteiger partial charge in [0, 0.05) is 11.4 Å². The van der Waals surface area contributed by atoms with Gasteiger partial charge in [-0.2, -0.15) is 5.10 Å². The number of halogens is 2. The van der Waals surface area contributed by atoms with Gasteiger partial charge < -0.3 is 15.2 Å². The average molecular weight is 424 g/mol. The van der Waals surface area contributed by atoms with Crippen molar-refractivity contribution in [1.82, 2.24) is 5.43 Å². The van der Waals surface area contributed by atoms with Gasteiger partial charge in [0.15, 0.2) is 6.61 Å². The number of nitrogens with two attached hydrogens (primary N) is 1. The third-order valence-corrected chi connectivity index (χ3v) is 3.89. The molecule has 9 heteroatoms. The van der Waals surface area contributed by atoms with Crippen LogP contribution in [-0.2, 0) is 9.59 Å². The summed E-state index contributed by atoms with van der Waals surface area (Å²) in [5, 5.41) is 4.84. The Labute approximate surface area is 172 Å². The Bertz CT molecular complexity index is 842. The van der Waals surface area contributed by atoms with Crippen LogP contribution in [0.15, 0.2) is 47.6 Å². The highest BCUT2D eigenvalue weighted by Gasteiger charge is 2.04. The third-order valence-electron chi connectivity index (χ3n) is 3.36. The molecular weight excluding hydrogens is 405 g/mol. The summed E-state index contributed by atoms with van der Waals surface area (Å²) in [7, 11) is 0. The van der Waals surface area contributed by atoms with Crippen molar-refractivity contribution in [3.63, 3.8) is 0 Å². The molecule has 0 aliphatic heterocycles. The molecule has 0 bridgehead atoms. The van der Waals surface area contributed by atoms with E-state index in [9.17, 15) is 9.59 Å². The van der Waals surface area contributed by atoms with Crippen LogP contribution in [0.2, 0.25) is 10.0 Å². The first-order chi connectivity index (χ1) is 13.4. The zero-order valence-electron chi connectivity index (χ0n) is 14.9. The number of carbonyl (C=O) groups excluding carboxylic acids is 2. The maximum atomic E-state index is 11.8. The van der Waals surface area contributed by atoms with E-state index in [-0.39, 0.29) is 18.9 Å². The second-order valence-electron chi connectivity index (χ2n) is 5.64. The highest BCUT2D eigenvalue weighted by Crippen LogP contribution is 2.27. The number of rotatable bonds is 10. The zero-order chi connectivity index (χ0) is 20.4. The number of hydrogen-bond donors (Lipinski definition) is 2. The Morgan fingerprint density at radius 1 is 1.11 bits per heavy atom. The summed E-state index contributed by atoms with van der Waals surface area (Å²) in [6.45, 7) is 0.155. The van der Waals surface area contributed by atoms with Crippen LogP contribution in [0.5, 0.6) is 11.5 Å². The van der Waals surface area contributed by atoms with Gasteiger partial charge in [0.2, 0.25) is 5.91 Å². The summed E-state index contributed by atoms with van der Waals surface area (Å²) in [4.78, 5) is 22.4. The molecule has 0 fully saturated rings. The molecule has 0 unspecified atom stereocenters. The largest absolute Gasteiger partial charge is 0.492 e. The van der Waals surface area contributed by atoms with Gasteiger partial charge in [-0.15, -0.1) is 0 Å². The van der Waals surface area contributed by atoms with E-state index in [1.54, 1.807) is 42.5 Å². The van der Waals surface area contributed by atoms with Crippen LogP contribution in [0.4, 0.5) is 0 Å². The second kappa shape index (κ2) is 11.2. The number of ether oxygens (including phenoxy) is 2. The lowest BCUT2D eigenvalue weighted by atomic mass is 10.2. The summed E-state index contributed by atoms with van der Waals surface area (Å²) < 4.78 is 10.7. The molecule has 2 aromatic carbocycles. The van der Waals surface area contributed by atoms with Crippen molar-refractivity contribution >= 4 is 41.2 Å². The molecule has 0 heterocycles. The fourth-order valence-corrected chi connectivity index (χ4v) is 2.51. The number of carbonyl (C=O) groups is 2. The molecule has 0 aromatic heterocycles. The van der Waals surface area contributed by atoms with Gasteiger partial charge in [0.25, 0.3) is 5.91 Å². The van der Waals surface area contributed by atoms with Gasteiger partial charge in [-0.25, -0.2) is 5.43 Å². The van der Waals surface area contributed by atoms with E-state index >= 15 is 0 Å². The molecule has 2 rings (SSSR count). The SMILES string of the molecule is NC(=O)COc1ccc(/C=N/NC(=O)CCCOc2ccc(Cl)cc2Cl)cc1. The van der Waals surface area contributed by atoms with Crippen LogP contribution >= 0.6 is 23.2 Å². The topological polar surface area (TPSA) is 103 Å². The zero-order valence-corrected chi connectivity index (χ0v) is 16.4. The van der Waals surface area contributed by atoms with Gasteiger partial charge in [-0.05, 0) is 54.4 Å². The Kier molecular flexibility index (Phi) is 8.58. The van der Waals surface area contributed by atoms with Crippen LogP contribution < -0.4 is 20.6 Å². The predicted molar refractivity (Wildman–Crippen MR) is 108 cm³/mol.